The molecule has 2 unspecified atom stereocenters. The molecular formula is C12H18N2. The standard InChI is InChI=1S/C12H18N2/c1-14(2)11-5-3-9(4-6-11)12-7-10(12)8-13/h3-6,10,12H,7-8,13H2,1-2H3. The highest BCUT2D eigenvalue weighted by atomic mass is 15.1. The third-order valence-corrected chi connectivity index (χ3v) is 3.06. The number of nitrogens with two attached hydrogens (primary N) is 1. The molecule has 0 spiro atoms. The average Bonchev–Trinajstić information content (AvgIpc) is 2.97. The molecule has 1 aliphatic carbocycles. The van der Waals surface area contributed by atoms with Crippen LogP contribution in [0.1, 0.15) is 17.9 Å². The first-order valence-electron chi connectivity index (χ1n) is 5.19. The molecule has 14 heavy (non-hydrogen) atoms. The Morgan fingerprint density at radius 3 is 2.36 bits per heavy atom. The van der Waals surface area contributed by atoms with Gasteiger partial charge in [0.15, 0.2) is 0 Å². The average molecular weight is 190 g/mol. The molecule has 0 bridgehead atoms. The summed E-state index contributed by atoms with van der Waals surface area (Å²) in [7, 11) is 4.13. The lowest BCUT2D eigenvalue weighted by Crippen LogP contribution is -2.08. The van der Waals surface area contributed by atoms with Crippen LogP contribution >= 0.6 is 0 Å². The van der Waals surface area contributed by atoms with E-state index in [1.807, 2.05) is 0 Å². The van der Waals surface area contributed by atoms with E-state index in [0.29, 0.717) is 0 Å². The minimum Gasteiger partial charge on any atom is -0.378 e. The van der Waals surface area contributed by atoms with E-state index in [0.717, 1.165) is 18.4 Å². The van der Waals surface area contributed by atoms with Crippen LogP contribution in [0.15, 0.2) is 24.3 Å². The highest BCUT2D eigenvalue weighted by molar-refractivity contribution is 5.47. The summed E-state index contributed by atoms with van der Waals surface area (Å²) in [6.07, 6.45) is 1.28. The van der Waals surface area contributed by atoms with E-state index in [1.54, 1.807) is 0 Å². The predicted molar refractivity (Wildman–Crippen MR) is 60.7 cm³/mol. The molecule has 0 amide bonds. The summed E-state index contributed by atoms with van der Waals surface area (Å²) in [6.45, 7) is 0.833. The number of rotatable bonds is 3. The van der Waals surface area contributed by atoms with E-state index in [4.69, 9.17) is 5.73 Å². The molecule has 1 aromatic carbocycles. The van der Waals surface area contributed by atoms with Gasteiger partial charge >= 0.3 is 0 Å². The molecule has 1 aliphatic rings. The van der Waals surface area contributed by atoms with Crippen LogP contribution in [0.25, 0.3) is 0 Å². The lowest BCUT2D eigenvalue weighted by Gasteiger charge is -2.12. The van der Waals surface area contributed by atoms with Gasteiger partial charge in [-0.2, -0.15) is 0 Å². The lowest BCUT2D eigenvalue weighted by molar-refractivity contribution is 0.809. The van der Waals surface area contributed by atoms with E-state index in [9.17, 15) is 0 Å². The maximum atomic E-state index is 5.63. The van der Waals surface area contributed by atoms with E-state index in [2.05, 4.69) is 43.3 Å². The molecule has 0 saturated heterocycles. The van der Waals surface area contributed by atoms with Gasteiger partial charge in [-0.3, -0.25) is 0 Å². The largest absolute Gasteiger partial charge is 0.378 e. The van der Waals surface area contributed by atoms with Crippen molar-refractivity contribution in [3.05, 3.63) is 29.8 Å². The minimum absolute atomic E-state index is 0.733. The molecule has 2 atom stereocenters. The van der Waals surface area contributed by atoms with Crippen molar-refractivity contribution in [2.24, 2.45) is 11.7 Å². The van der Waals surface area contributed by atoms with Crippen LogP contribution in [-0.4, -0.2) is 20.6 Å². The van der Waals surface area contributed by atoms with Gasteiger partial charge in [-0.25, -0.2) is 0 Å². The zero-order valence-electron chi connectivity index (χ0n) is 8.90. The Kier molecular flexibility index (Phi) is 2.46. The van der Waals surface area contributed by atoms with Crippen molar-refractivity contribution in [2.45, 2.75) is 12.3 Å². The van der Waals surface area contributed by atoms with Crippen molar-refractivity contribution in [1.82, 2.24) is 0 Å². The van der Waals surface area contributed by atoms with Crippen LogP contribution < -0.4 is 10.6 Å². The van der Waals surface area contributed by atoms with Crippen LogP contribution in [0, 0.1) is 5.92 Å². The summed E-state index contributed by atoms with van der Waals surface area (Å²) >= 11 is 0. The van der Waals surface area contributed by atoms with E-state index in [1.165, 1.54) is 17.7 Å². The van der Waals surface area contributed by atoms with Gasteiger partial charge in [-0.05, 0) is 42.5 Å². The van der Waals surface area contributed by atoms with Gasteiger partial charge in [-0.15, -0.1) is 0 Å². The molecule has 2 rings (SSSR count). The summed E-state index contributed by atoms with van der Waals surface area (Å²) < 4.78 is 0. The van der Waals surface area contributed by atoms with Crippen molar-refractivity contribution >= 4 is 5.69 Å². The van der Waals surface area contributed by atoms with Crippen molar-refractivity contribution in [1.29, 1.82) is 0 Å². The Hall–Kier alpha value is -1.02. The third kappa shape index (κ3) is 1.75. The molecule has 0 aliphatic heterocycles. The summed E-state index contributed by atoms with van der Waals surface area (Å²) in [5.74, 6) is 1.47. The summed E-state index contributed by atoms with van der Waals surface area (Å²) in [6, 6.07) is 8.83. The molecule has 1 aromatic rings. The zero-order valence-corrected chi connectivity index (χ0v) is 8.90. The van der Waals surface area contributed by atoms with Gasteiger partial charge in [0, 0.05) is 19.8 Å². The second kappa shape index (κ2) is 3.62. The van der Waals surface area contributed by atoms with Crippen molar-refractivity contribution in [3.8, 4) is 0 Å². The fourth-order valence-corrected chi connectivity index (χ4v) is 1.94. The molecule has 2 heteroatoms. The van der Waals surface area contributed by atoms with E-state index < -0.39 is 0 Å². The molecule has 76 valence electrons. The summed E-state index contributed by atoms with van der Waals surface area (Å²) in [5, 5.41) is 0. The minimum atomic E-state index is 0.733. The van der Waals surface area contributed by atoms with Crippen molar-refractivity contribution in [2.75, 3.05) is 25.5 Å². The first-order chi connectivity index (χ1) is 6.72. The van der Waals surface area contributed by atoms with Gasteiger partial charge in [0.2, 0.25) is 0 Å². The van der Waals surface area contributed by atoms with Crippen molar-refractivity contribution in [3.63, 3.8) is 0 Å². The second-order valence-corrected chi connectivity index (χ2v) is 4.32. The monoisotopic (exact) mass is 190 g/mol. The second-order valence-electron chi connectivity index (χ2n) is 4.32. The number of hydrogen-bond donors (Lipinski definition) is 1. The first-order valence-corrected chi connectivity index (χ1v) is 5.19. The number of hydrogen-bond acceptors (Lipinski definition) is 2. The number of anilines is 1. The van der Waals surface area contributed by atoms with Crippen LogP contribution in [-0.2, 0) is 0 Å². The maximum absolute atomic E-state index is 5.63. The Morgan fingerprint density at radius 2 is 1.93 bits per heavy atom. The molecule has 1 saturated carbocycles. The predicted octanol–water partition coefficient (Wildman–Crippen LogP) is 1.81. The summed E-state index contributed by atoms with van der Waals surface area (Å²) in [5.41, 5.74) is 8.34. The number of benzene rings is 1. The topological polar surface area (TPSA) is 29.3 Å². The van der Waals surface area contributed by atoms with Gasteiger partial charge in [-0.1, -0.05) is 12.1 Å². The normalized spacial score (nSPS) is 24.8. The zero-order chi connectivity index (χ0) is 10.1. The van der Waals surface area contributed by atoms with E-state index in [-0.39, 0.29) is 0 Å². The van der Waals surface area contributed by atoms with Crippen molar-refractivity contribution < 1.29 is 0 Å². The lowest BCUT2D eigenvalue weighted by atomic mass is 10.1. The highest BCUT2D eigenvalue weighted by Gasteiger charge is 2.36. The molecule has 0 heterocycles. The Labute approximate surface area is 85.7 Å². The molecule has 0 aromatic heterocycles. The Balaban J connectivity index is 2.08. The maximum Gasteiger partial charge on any atom is 0.0361 e. The molecule has 2 N–H and O–H groups in total. The van der Waals surface area contributed by atoms with Gasteiger partial charge in [0.05, 0.1) is 0 Å². The molecule has 1 fully saturated rings. The smallest absolute Gasteiger partial charge is 0.0361 e. The molecule has 0 radical (unpaired) electrons. The fraction of sp³-hybridized carbons (Fsp3) is 0.500. The SMILES string of the molecule is CN(C)c1ccc(C2CC2CN)cc1. The van der Waals surface area contributed by atoms with Gasteiger partial charge in [0.1, 0.15) is 0 Å². The van der Waals surface area contributed by atoms with Gasteiger partial charge < -0.3 is 10.6 Å². The number of nitrogens with zero attached hydrogens (tertiary/aromatic N) is 1. The van der Waals surface area contributed by atoms with Crippen LogP contribution in [0.4, 0.5) is 5.69 Å². The van der Waals surface area contributed by atoms with Crippen LogP contribution in [0.3, 0.4) is 0 Å². The van der Waals surface area contributed by atoms with Crippen LogP contribution in [0.5, 0.6) is 0 Å². The summed E-state index contributed by atoms with van der Waals surface area (Å²) in [4.78, 5) is 2.12. The molecule has 2 nitrogen and oxygen atoms in total. The third-order valence-electron chi connectivity index (χ3n) is 3.06. The van der Waals surface area contributed by atoms with E-state index >= 15 is 0 Å². The molecular weight excluding hydrogens is 172 g/mol. The highest BCUT2D eigenvalue weighted by Crippen LogP contribution is 2.46. The Morgan fingerprint density at radius 1 is 1.29 bits per heavy atom. The van der Waals surface area contributed by atoms with Crippen LogP contribution in [0.2, 0.25) is 0 Å². The Bertz CT molecular complexity index is 303. The first kappa shape index (κ1) is 9.53. The fourth-order valence-electron chi connectivity index (χ4n) is 1.94. The quantitative estimate of drug-likeness (QED) is 0.787. The van der Waals surface area contributed by atoms with Gasteiger partial charge in [0.25, 0.3) is 0 Å².